The zero-order valence-electron chi connectivity index (χ0n) is 16.5. The highest BCUT2D eigenvalue weighted by Crippen LogP contribution is 2.23. The van der Waals surface area contributed by atoms with Crippen LogP contribution >= 0.6 is 0 Å². The fourth-order valence-electron chi connectivity index (χ4n) is 3.59. The third-order valence-corrected chi connectivity index (χ3v) is 5.26. The summed E-state index contributed by atoms with van der Waals surface area (Å²) in [6.45, 7) is 2.89. The summed E-state index contributed by atoms with van der Waals surface area (Å²) < 4.78 is 0. The van der Waals surface area contributed by atoms with Crippen LogP contribution in [-0.2, 0) is 4.79 Å². The summed E-state index contributed by atoms with van der Waals surface area (Å²) in [5.41, 5.74) is 1.16. The van der Waals surface area contributed by atoms with Crippen molar-refractivity contribution in [1.82, 2.24) is 10.2 Å². The van der Waals surface area contributed by atoms with Crippen molar-refractivity contribution in [2.75, 3.05) is 13.1 Å². The van der Waals surface area contributed by atoms with Gasteiger partial charge in [0.25, 0.3) is 5.91 Å². The second-order valence-corrected chi connectivity index (χ2v) is 7.51. The van der Waals surface area contributed by atoms with Crippen LogP contribution in [0.1, 0.15) is 46.9 Å². The first-order chi connectivity index (χ1) is 13.9. The third kappa shape index (κ3) is 5.44. The molecule has 1 saturated heterocycles. The highest BCUT2D eigenvalue weighted by atomic mass is 16.3. The van der Waals surface area contributed by atoms with E-state index in [9.17, 15) is 19.5 Å². The number of Topliss-reactive ketones (excluding diaryl/α,β-unsaturated/α-hetero) is 1. The average molecular weight is 394 g/mol. The van der Waals surface area contributed by atoms with Crippen molar-refractivity contribution in [3.63, 3.8) is 0 Å². The van der Waals surface area contributed by atoms with Crippen molar-refractivity contribution in [3.05, 3.63) is 65.7 Å². The summed E-state index contributed by atoms with van der Waals surface area (Å²) in [5.74, 6) is -0.125. The van der Waals surface area contributed by atoms with Crippen LogP contribution in [0.5, 0.6) is 5.75 Å². The van der Waals surface area contributed by atoms with Gasteiger partial charge >= 0.3 is 0 Å². The molecule has 2 amide bonds. The minimum Gasteiger partial charge on any atom is -0.508 e. The summed E-state index contributed by atoms with van der Waals surface area (Å²) >= 11 is 0. The molecule has 0 bridgehead atoms. The van der Waals surface area contributed by atoms with Crippen LogP contribution < -0.4 is 5.32 Å². The van der Waals surface area contributed by atoms with Gasteiger partial charge in [-0.15, -0.1) is 0 Å². The molecular weight excluding hydrogens is 368 g/mol. The van der Waals surface area contributed by atoms with E-state index in [1.54, 1.807) is 41.3 Å². The number of nitrogens with zero attached hydrogens (tertiary/aromatic N) is 1. The Labute approximate surface area is 170 Å². The number of hydrogen-bond acceptors (Lipinski definition) is 4. The lowest BCUT2D eigenvalue weighted by Gasteiger charge is -2.32. The van der Waals surface area contributed by atoms with Gasteiger partial charge in [-0.3, -0.25) is 14.4 Å². The maximum atomic E-state index is 12.6. The molecule has 29 heavy (non-hydrogen) atoms. The topological polar surface area (TPSA) is 86.7 Å². The molecule has 0 unspecified atom stereocenters. The predicted octanol–water partition coefficient (Wildman–Crippen LogP) is 3.02. The van der Waals surface area contributed by atoms with Crippen LogP contribution in [-0.4, -0.2) is 46.7 Å². The molecule has 2 N–H and O–H groups in total. The van der Waals surface area contributed by atoms with Crippen LogP contribution in [0.15, 0.2) is 54.6 Å². The molecule has 0 saturated carbocycles. The number of phenols is 1. The number of amides is 2. The van der Waals surface area contributed by atoms with Gasteiger partial charge in [-0.1, -0.05) is 18.2 Å². The highest BCUT2D eigenvalue weighted by molar-refractivity contribution is 5.98. The van der Waals surface area contributed by atoms with Gasteiger partial charge in [-0.2, -0.15) is 0 Å². The second-order valence-electron chi connectivity index (χ2n) is 7.51. The largest absolute Gasteiger partial charge is 0.508 e. The summed E-state index contributed by atoms with van der Waals surface area (Å²) in [6, 6.07) is 14.9. The lowest BCUT2D eigenvalue weighted by atomic mass is 9.88. The predicted molar refractivity (Wildman–Crippen MR) is 110 cm³/mol. The van der Waals surface area contributed by atoms with Gasteiger partial charge < -0.3 is 15.3 Å². The molecule has 1 heterocycles. The van der Waals surface area contributed by atoms with Gasteiger partial charge in [0.1, 0.15) is 5.75 Å². The zero-order valence-corrected chi connectivity index (χ0v) is 16.5. The number of phenolic OH excluding ortho intramolecular Hbond substituents is 1. The molecule has 0 aliphatic carbocycles. The van der Waals surface area contributed by atoms with E-state index in [0.717, 1.165) is 0 Å². The van der Waals surface area contributed by atoms with E-state index in [-0.39, 0.29) is 41.7 Å². The molecule has 0 spiro atoms. The minimum absolute atomic E-state index is 0.0126. The summed E-state index contributed by atoms with van der Waals surface area (Å²) in [7, 11) is 0. The molecule has 2 aromatic rings. The Morgan fingerprint density at radius 3 is 2.24 bits per heavy atom. The fourth-order valence-corrected chi connectivity index (χ4v) is 3.59. The number of carbonyl (C=O) groups excluding carboxylic acids is 3. The minimum atomic E-state index is -0.272. The van der Waals surface area contributed by atoms with Crippen molar-refractivity contribution in [3.8, 4) is 5.75 Å². The Kier molecular flexibility index (Phi) is 6.65. The Morgan fingerprint density at radius 2 is 1.62 bits per heavy atom. The van der Waals surface area contributed by atoms with Crippen LogP contribution in [0.25, 0.3) is 0 Å². The van der Waals surface area contributed by atoms with Crippen LogP contribution in [0.3, 0.4) is 0 Å². The Morgan fingerprint density at radius 1 is 1.00 bits per heavy atom. The quantitative estimate of drug-likeness (QED) is 0.738. The van der Waals surface area contributed by atoms with Crippen LogP contribution in [0.4, 0.5) is 0 Å². The number of benzene rings is 2. The van der Waals surface area contributed by atoms with E-state index in [0.29, 0.717) is 37.1 Å². The first-order valence-corrected chi connectivity index (χ1v) is 9.91. The van der Waals surface area contributed by atoms with Gasteiger partial charge in [0.15, 0.2) is 5.78 Å². The average Bonchev–Trinajstić information content (AvgIpc) is 2.74. The van der Waals surface area contributed by atoms with Crippen LogP contribution in [0.2, 0.25) is 0 Å². The van der Waals surface area contributed by atoms with Gasteiger partial charge in [0.2, 0.25) is 5.91 Å². The van der Waals surface area contributed by atoms with Crippen molar-refractivity contribution in [1.29, 1.82) is 0 Å². The normalized spacial score (nSPS) is 15.6. The number of nitrogens with one attached hydrogen (secondary N) is 1. The highest BCUT2D eigenvalue weighted by Gasteiger charge is 2.28. The first kappa shape index (κ1) is 20.6. The molecule has 0 radical (unpaired) electrons. The summed E-state index contributed by atoms with van der Waals surface area (Å²) in [4.78, 5) is 39.1. The number of rotatable bonds is 6. The number of ketones is 1. The van der Waals surface area contributed by atoms with Gasteiger partial charge in [-0.05, 0) is 56.2 Å². The maximum Gasteiger partial charge on any atom is 0.251 e. The van der Waals surface area contributed by atoms with E-state index < -0.39 is 0 Å². The molecular formula is C23H26N2O4. The Bertz CT molecular complexity index is 856. The molecule has 0 aromatic heterocycles. The van der Waals surface area contributed by atoms with Gasteiger partial charge in [0, 0.05) is 42.6 Å². The second kappa shape index (κ2) is 9.37. The number of carbonyl (C=O) groups is 3. The number of piperidine rings is 1. The van der Waals surface area contributed by atoms with Crippen molar-refractivity contribution in [2.45, 2.75) is 32.2 Å². The van der Waals surface area contributed by atoms with E-state index >= 15 is 0 Å². The molecule has 6 heteroatoms. The standard InChI is InChI=1S/C23H26N2O4/c1-16(24-23(29)19-5-3-2-4-6-19)15-21(27)25-13-11-18(12-14-25)22(28)17-7-9-20(26)10-8-17/h2-10,16,18,26H,11-15H2,1H3,(H,24,29)/t16-/m1/s1. The molecule has 152 valence electrons. The van der Waals surface area contributed by atoms with Crippen molar-refractivity contribution < 1.29 is 19.5 Å². The van der Waals surface area contributed by atoms with E-state index in [2.05, 4.69) is 5.32 Å². The van der Waals surface area contributed by atoms with E-state index in [4.69, 9.17) is 0 Å². The molecule has 6 nitrogen and oxygen atoms in total. The molecule has 1 atom stereocenters. The van der Waals surface area contributed by atoms with Crippen LogP contribution in [0, 0.1) is 5.92 Å². The van der Waals surface area contributed by atoms with E-state index in [1.165, 1.54) is 12.1 Å². The number of likely N-dealkylation sites (tertiary alicyclic amines) is 1. The zero-order chi connectivity index (χ0) is 20.8. The molecule has 2 aromatic carbocycles. The van der Waals surface area contributed by atoms with Crippen molar-refractivity contribution >= 4 is 17.6 Å². The Hall–Kier alpha value is -3.15. The lowest BCUT2D eigenvalue weighted by Crippen LogP contribution is -2.43. The summed E-state index contributed by atoms with van der Waals surface area (Å²) in [6.07, 6.45) is 1.47. The smallest absolute Gasteiger partial charge is 0.251 e. The summed E-state index contributed by atoms with van der Waals surface area (Å²) in [5, 5.41) is 12.2. The van der Waals surface area contributed by atoms with Gasteiger partial charge in [-0.25, -0.2) is 0 Å². The number of aromatic hydroxyl groups is 1. The fraction of sp³-hybridized carbons (Fsp3) is 0.348. The molecule has 1 fully saturated rings. The molecule has 1 aliphatic heterocycles. The lowest BCUT2D eigenvalue weighted by molar-refractivity contribution is -0.132. The number of hydrogen-bond donors (Lipinski definition) is 2. The van der Waals surface area contributed by atoms with E-state index in [1.807, 2.05) is 13.0 Å². The third-order valence-electron chi connectivity index (χ3n) is 5.26. The first-order valence-electron chi connectivity index (χ1n) is 9.91. The Balaban J connectivity index is 1.46. The molecule has 1 aliphatic rings. The SMILES string of the molecule is C[C@H](CC(=O)N1CCC(C(=O)c2ccc(O)cc2)CC1)NC(=O)c1ccccc1. The molecule has 3 rings (SSSR count). The van der Waals surface area contributed by atoms with Crippen molar-refractivity contribution in [2.24, 2.45) is 5.92 Å². The van der Waals surface area contributed by atoms with Gasteiger partial charge in [0.05, 0.1) is 0 Å². The maximum absolute atomic E-state index is 12.6. The monoisotopic (exact) mass is 394 g/mol.